The van der Waals surface area contributed by atoms with Crippen molar-refractivity contribution in [2.24, 2.45) is 0 Å². The van der Waals surface area contributed by atoms with Gasteiger partial charge in [0.1, 0.15) is 17.7 Å². The Morgan fingerprint density at radius 3 is 2.07 bits per heavy atom. The first-order valence-corrected chi connectivity index (χ1v) is 8.94. The summed E-state index contributed by atoms with van der Waals surface area (Å²) in [4.78, 5) is 24.8. The number of aryl methyl sites for hydroxylation is 2. The molecule has 0 radical (unpaired) electrons. The Bertz CT molecular complexity index is 1080. The molecule has 2 N–H and O–H groups in total. The van der Waals surface area contributed by atoms with Crippen LogP contribution in [0, 0.1) is 25.5 Å². The summed E-state index contributed by atoms with van der Waals surface area (Å²) in [6, 6.07) is 9.39. The lowest BCUT2D eigenvalue weighted by molar-refractivity contribution is -0.119. The molecule has 0 bridgehead atoms. The van der Waals surface area contributed by atoms with Gasteiger partial charge in [0.15, 0.2) is 5.69 Å². The third-order valence-corrected chi connectivity index (χ3v) is 4.37. The number of aromatic nitrogens is 2. The highest BCUT2D eigenvalue weighted by Crippen LogP contribution is 2.19. The summed E-state index contributed by atoms with van der Waals surface area (Å²) in [7, 11) is 0. The summed E-state index contributed by atoms with van der Waals surface area (Å²) in [5.74, 6) is -2.20. The van der Waals surface area contributed by atoms with E-state index in [4.69, 9.17) is 0 Å². The number of carbonyl (C=O) groups excluding carboxylic acids is 2. The summed E-state index contributed by atoms with van der Waals surface area (Å²) in [6.45, 7) is 5.13. The summed E-state index contributed by atoms with van der Waals surface area (Å²) in [6.07, 6.45) is 1.46. The number of anilines is 2. The van der Waals surface area contributed by atoms with Crippen LogP contribution >= 0.6 is 0 Å². The van der Waals surface area contributed by atoms with E-state index in [1.807, 2.05) is 0 Å². The van der Waals surface area contributed by atoms with Crippen LogP contribution in [-0.4, -0.2) is 21.6 Å². The predicted octanol–water partition coefficient (Wildman–Crippen LogP) is 4.23. The zero-order valence-electron chi connectivity index (χ0n) is 16.2. The van der Waals surface area contributed by atoms with E-state index in [9.17, 15) is 18.4 Å². The molecular weight excluding hydrogens is 378 g/mol. The summed E-state index contributed by atoms with van der Waals surface area (Å²) in [5.41, 5.74) is 1.73. The molecular formula is C21H20F2N4O2. The molecule has 1 atom stereocenters. The molecule has 2 aromatic carbocycles. The van der Waals surface area contributed by atoms with Crippen LogP contribution in [0.1, 0.15) is 34.6 Å². The third kappa shape index (κ3) is 4.66. The average Bonchev–Trinajstić information content (AvgIpc) is 3.17. The maximum atomic E-state index is 13.9. The molecule has 0 aliphatic carbocycles. The minimum absolute atomic E-state index is 0.0206. The average molecular weight is 398 g/mol. The predicted molar refractivity (Wildman–Crippen MR) is 106 cm³/mol. The quantitative estimate of drug-likeness (QED) is 0.675. The molecule has 3 rings (SSSR count). The molecule has 0 spiro atoms. The van der Waals surface area contributed by atoms with Gasteiger partial charge in [-0.2, -0.15) is 5.10 Å². The van der Waals surface area contributed by atoms with Gasteiger partial charge in [-0.05, 0) is 62.2 Å². The lowest BCUT2D eigenvalue weighted by Crippen LogP contribution is -2.25. The van der Waals surface area contributed by atoms with E-state index in [2.05, 4.69) is 15.7 Å². The van der Waals surface area contributed by atoms with Gasteiger partial charge >= 0.3 is 0 Å². The molecule has 29 heavy (non-hydrogen) atoms. The number of rotatable bonds is 5. The first-order valence-electron chi connectivity index (χ1n) is 8.94. The second-order valence-electron chi connectivity index (χ2n) is 6.77. The highest BCUT2D eigenvalue weighted by Gasteiger charge is 2.20. The molecule has 0 aliphatic rings. The Labute approximate surface area is 166 Å². The van der Waals surface area contributed by atoms with Gasteiger partial charge < -0.3 is 10.6 Å². The molecule has 1 aromatic heterocycles. The van der Waals surface area contributed by atoms with Gasteiger partial charge in [0.2, 0.25) is 5.91 Å². The smallest absolute Gasteiger partial charge is 0.276 e. The standard InChI is InChI=1S/C21H20F2N4O2/c1-12-4-6-15(22)18(10-12)24-20(28)14(3)27-9-8-17(26-27)21(29)25-19-11-13(2)5-7-16(19)23/h4-11,14H,1-3H3,(H,24,28)(H,25,29)/t14-/m1/s1. The first kappa shape index (κ1) is 20.2. The molecule has 0 saturated heterocycles. The lowest BCUT2D eigenvalue weighted by Gasteiger charge is -2.13. The van der Waals surface area contributed by atoms with E-state index in [0.717, 1.165) is 11.1 Å². The van der Waals surface area contributed by atoms with Gasteiger partial charge in [0.05, 0.1) is 11.4 Å². The minimum atomic E-state index is -0.799. The zero-order chi connectivity index (χ0) is 21.1. The molecule has 6 nitrogen and oxygen atoms in total. The number of carbonyl (C=O) groups is 2. The van der Waals surface area contributed by atoms with Gasteiger partial charge in [0, 0.05) is 6.20 Å². The van der Waals surface area contributed by atoms with Crippen LogP contribution in [-0.2, 0) is 4.79 Å². The molecule has 0 unspecified atom stereocenters. The normalized spacial score (nSPS) is 11.8. The summed E-state index contributed by atoms with van der Waals surface area (Å²) >= 11 is 0. The van der Waals surface area contributed by atoms with E-state index >= 15 is 0 Å². The van der Waals surface area contributed by atoms with Crippen molar-refractivity contribution in [1.82, 2.24) is 9.78 Å². The Balaban J connectivity index is 1.71. The molecule has 0 saturated carbocycles. The Kier molecular flexibility index (Phi) is 5.72. The van der Waals surface area contributed by atoms with Crippen LogP contribution in [0.2, 0.25) is 0 Å². The summed E-state index contributed by atoms with van der Waals surface area (Å²) < 4.78 is 29.0. The van der Waals surface area contributed by atoms with E-state index < -0.39 is 29.5 Å². The SMILES string of the molecule is Cc1ccc(F)c(NC(=O)c2ccn([C@H](C)C(=O)Nc3cc(C)ccc3F)n2)c1. The third-order valence-electron chi connectivity index (χ3n) is 4.37. The van der Waals surface area contributed by atoms with Crippen LogP contribution in [0.4, 0.5) is 20.2 Å². The fourth-order valence-corrected chi connectivity index (χ4v) is 2.69. The molecule has 8 heteroatoms. The van der Waals surface area contributed by atoms with Crippen molar-refractivity contribution in [3.05, 3.63) is 77.1 Å². The van der Waals surface area contributed by atoms with Crippen molar-refractivity contribution in [2.45, 2.75) is 26.8 Å². The Morgan fingerprint density at radius 1 is 0.931 bits per heavy atom. The highest BCUT2D eigenvalue weighted by atomic mass is 19.1. The van der Waals surface area contributed by atoms with Crippen LogP contribution in [0.15, 0.2) is 48.7 Å². The first-order chi connectivity index (χ1) is 13.7. The van der Waals surface area contributed by atoms with Gasteiger partial charge in [-0.3, -0.25) is 14.3 Å². The number of amides is 2. The molecule has 0 aliphatic heterocycles. The molecule has 3 aromatic rings. The van der Waals surface area contributed by atoms with Gasteiger partial charge in [-0.15, -0.1) is 0 Å². The van der Waals surface area contributed by atoms with E-state index in [1.54, 1.807) is 32.9 Å². The minimum Gasteiger partial charge on any atom is -0.322 e. The maximum absolute atomic E-state index is 13.9. The Hall–Kier alpha value is -3.55. The largest absolute Gasteiger partial charge is 0.322 e. The zero-order valence-corrected chi connectivity index (χ0v) is 16.2. The second-order valence-corrected chi connectivity index (χ2v) is 6.77. The van der Waals surface area contributed by atoms with Crippen molar-refractivity contribution in [2.75, 3.05) is 10.6 Å². The van der Waals surface area contributed by atoms with Gasteiger partial charge in [-0.1, -0.05) is 12.1 Å². The van der Waals surface area contributed by atoms with E-state index in [1.165, 1.54) is 41.2 Å². The van der Waals surface area contributed by atoms with Crippen molar-refractivity contribution >= 4 is 23.2 Å². The summed E-state index contributed by atoms with van der Waals surface area (Å²) in [5, 5.41) is 9.07. The number of nitrogens with one attached hydrogen (secondary N) is 2. The van der Waals surface area contributed by atoms with E-state index in [0.29, 0.717) is 0 Å². The number of nitrogens with zero attached hydrogens (tertiary/aromatic N) is 2. The van der Waals surface area contributed by atoms with Gasteiger partial charge in [0.25, 0.3) is 5.91 Å². The molecule has 1 heterocycles. The lowest BCUT2D eigenvalue weighted by atomic mass is 10.2. The number of benzene rings is 2. The monoisotopic (exact) mass is 398 g/mol. The van der Waals surface area contributed by atoms with Crippen LogP contribution in [0.5, 0.6) is 0 Å². The highest BCUT2D eigenvalue weighted by molar-refractivity contribution is 6.03. The number of hydrogen-bond donors (Lipinski definition) is 2. The fraction of sp³-hybridized carbons (Fsp3) is 0.190. The number of halogens is 2. The van der Waals surface area contributed by atoms with Crippen molar-refractivity contribution < 1.29 is 18.4 Å². The molecule has 2 amide bonds. The topological polar surface area (TPSA) is 76.0 Å². The van der Waals surface area contributed by atoms with E-state index in [-0.39, 0.29) is 17.1 Å². The van der Waals surface area contributed by atoms with Gasteiger partial charge in [-0.25, -0.2) is 8.78 Å². The van der Waals surface area contributed by atoms with Crippen LogP contribution in [0.3, 0.4) is 0 Å². The second kappa shape index (κ2) is 8.22. The molecule has 150 valence electrons. The van der Waals surface area contributed by atoms with Crippen molar-refractivity contribution in [1.29, 1.82) is 0 Å². The maximum Gasteiger partial charge on any atom is 0.276 e. The number of hydrogen-bond acceptors (Lipinski definition) is 3. The molecule has 0 fully saturated rings. The van der Waals surface area contributed by atoms with Crippen molar-refractivity contribution in [3.8, 4) is 0 Å². The van der Waals surface area contributed by atoms with Crippen LogP contribution in [0.25, 0.3) is 0 Å². The van der Waals surface area contributed by atoms with Crippen LogP contribution < -0.4 is 10.6 Å². The van der Waals surface area contributed by atoms with Crippen molar-refractivity contribution in [3.63, 3.8) is 0 Å². The Morgan fingerprint density at radius 2 is 1.48 bits per heavy atom. The fourth-order valence-electron chi connectivity index (χ4n) is 2.69.